The van der Waals surface area contributed by atoms with Gasteiger partial charge in [-0.25, -0.2) is 8.42 Å². The molecule has 2 atom stereocenters. The fourth-order valence-corrected chi connectivity index (χ4v) is 5.99. The Hall–Kier alpha value is -2.99. The molecule has 0 fully saturated rings. The summed E-state index contributed by atoms with van der Waals surface area (Å²) in [6.45, 7) is 4.23. The molecule has 5 nitrogen and oxygen atoms in total. The Labute approximate surface area is 176 Å². The third-order valence-electron chi connectivity index (χ3n) is 5.91. The number of hydrogen-bond acceptors (Lipinski definition) is 4. The van der Waals surface area contributed by atoms with Gasteiger partial charge in [0.1, 0.15) is 0 Å². The largest absolute Gasteiger partial charge is 0.454 e. The Balaban J connectivity index is 1.73. The van der Waals surface area contributed by atoms with E-state index in [0.717, 1.165) is 16.7 Å². The first-order chi connectivity index (χ1) is 14.4. The van der Waals surface area contributed by atoms with E-state index in [0.29, 0.717) is 23.6 Å². The van der Waals surface area contributed by atoms with E-state index in [4.69, 9.17) is 9.47 Å². The van der Waals surface area contributed by atoms with Crippen molar-refractivity contribution in [3.63, 3.8) is 0 Å². The average molecular weight is 422 g/mol. The quantitative estimate of drug-likeness (QED) is 0.586. The molecule has 0 amide bonds. The molecule has 0 radical (unpaired) electrons. The normalized spacial score (nSPS) is 20.1. The summed E-state index contributed by atoms with van der Waals surface area (Å²) in [5.74, 6) is 1.43. The van der Waals surface area contributed by atoms with Gasteiger partial charge >= 0.3 is 0 Å². The molecule has 30 heavy (non-hydrogen) atoms. The third kappa shape index (κ3) is 3.03. The first-order valence-electron chi connectivity index (χ1n) is 10.0. The zero-order valence-electron chi connectivity index (χ0n) is 16.9. The maximum atomic E-state index is 13.9. The second-order valence-electron chi connectivity index (χ2n) is 7.94. The van der Waals surface area contributed by atoms with Crippen LogP contribution in [0.4, 0.5) is 5.69 Å². The smallest absolute Gasteiger partial charge is 0.264 e. The lowest BCUT2D eigenvalue weighted by molar-refractivity contribution is 0.174. The van der Waals surface area contributed by atoms with Gasteiger partial charge in [-0.15, -0.1) is 0 Å². The number of hydrogen-bond donors (Lipinski definition) is 0. The van der Waals surface area contributed by atoms with Gasteiger partial charge in [0.15, 0.2) is 11.5 Å². The third-order valence-corrected chi connectivity index (χ3v) is 7.75. The van der Waals surface area contributed by atoms with Crippen LogP contribution in [0.25, 0.3) is 0 Å². The van der Waals surface area contributed by atoms with E-state index in [1.165, 1.54) is 0 Å². The van der Waals surface area contributed by atoms with Gasteiger partial charge in [-0.2, -0.15) is 0 Å². The predicted octanol–water partition coefficient (Wildman–Crippen LogP) is 5.17. The van der Waals surface area contributed by atoms with Crippen LogP contribution in [0.1, 0.15) is 42.0 Å². The number of nitrogens with zero attached hydrogens (tertiary/aromatic N) is 1. The Morgan fingerprint density at radius 3 is 2.30 bits per heavy atom. The van der Waals surface area contributed by atoms with E-state index in [-0.39, 0.29) is 23.6 Å². The van der Waals surface area contributed by atoms with Crippen molar-refractivity contribution in [1.29, 1.82) is 0 Å². The lowest BCUT2D eigenvalue weighted by Gasteiger charge is -2.40. The SMILES string of the molecule is Cc1ccc(S(=O)(=O)N2c3cc4c(cc3[C@@H](C)C[C@H]2c2ccccc2)OCO4)cc1. The molecule has 0 aliphatic carbocycles. The summed E-state index contributed by atoms with van der Waals surface area (Å²) in [6.07, 6.45) is 0.682. The van der Waals surface area contributed by atoms with Crippen LogP contribution in [0, 0.1) is 6.92 Å². The van der Waals surface area contributed by atoms with E-state index < -0.39 is 10.0 Å². The van der Waals surface area contributed by atoms with E-state index in [1.807, 2.05) is 61.5 Å². The number of rotatable bonds is 3. The van der Waals surface area contributed by atoms with Gasteiger partial charge in [-0.05, 0) is 48.6 Å². The molecular formula is C24H23NO4S. The molecule has 3 aromatic carbocycles. The Kier molecular flexibility index (Phi) is 4.47. The lowest BCUT2D eigenvalue weighted by Crippen LogP contribution is -2.39. The van der Waals surface area contributed by atoms with Crippen molar-refractivity contribution < 1.29 is 17.9 Å². The Bertz CT molecular complexity index is 1190. The van der Waals surface area contributed by atoms with Gasteiger partial charge in [0, 0.05) is 6.07 Å². The van der Waals surface area contributed by atoms with Gasteiger partial charge in [0.2, 0.25) is 6.79 Å². The van der Waals surface area contributed by atoms with E-state index in [2.05, 4.69) is 6.92 Å². The second kappa shape index (κ2) is 7.06. The van der Waals surface area contributed by atoms with Crippen molar-refractivity contribution in [3.05, 3.63) is 83.4 Å². The van der Waals surface area contributed by atoms with Crippen molar-refractivity contribution in [3.8, 4) is 11.5 Å². The highest BCUT2D eigenvalue weighted by Crippen LogP contribution is 2.51. The molecule has 0 N–H and O–H groups in total. The molecule has 0 spiro atoms. The molecule has 2 heterocycles. The van der Waals surface area contributed by atoms with Gasteiger partial charge in [0.05, 0.1) is 16.6 Å². The summed E-state index contributed by atoms with van der Waals surface area (Å²) in [5.41, 5.74) is 3.61. The minimum atomic E-state index is -3.79. The topological polar surface area (TPSA) is 55.8 Å². The molecule has 0 saturated heterocycles. The number of benzene rings is 3. The van der Waals surface area contributed by atoms with Crippen LogP contribution in [0.2, 0.25) is 0 Å². The average Bonchev–Trinajstić information content (AvgIpc) is 3.20. The van der Waals surface area contributed by atoms with Crippen molar-refractivity contribution in [2.75, 3.05) is 11.1 Å². The van der Waals surface area contributed by atoms with Crippen LogP contribution in [0.5, 0.6) is 11.5 Å². The zero-order chi connectivity index (χ0) is 20.9. The van der Waals surface area contributed by atoms with E-state index >= 15 is 0 Å². The van der Waals surface area contributed by atoms with E-state index in [1.54, 1.807) is 16.4 Å². The number of anilines is 1. The van der Waals surface area contributed by atoms with Gasteiger partial charge in [-0.3, -0.25) is 4.31 Å². The summed E-state index contributed by atoms with van der Waals surface area (Å²) in [5, 5.41) is 0. The predicted molar refractivity (Wildman–Crippen MR) is 116 cm³/mol. The Morgan fingerprint density at radius 2 is 1.60 bits per heavy atom. The fraction of sp³-hybridized carbons (Fsp3) is 0.250. The number of fused-ring (bicyclic) bond motifs is 2. The van der Waals surface area contributed by atoms with Crippen LogP contribution in [-0.2, 0) is 10.0 Å². The fourth-order valence-electron chi connectivity index (χ4n) is 4.33. The molecule has 0 saturated carbocycles. The maximum Gasteiger partial charge on any atom is 0.264 e. The van der Waals surface area contributed by atoms with Crippen molar-refractivity contribution in [2.45, 2.75) is 37.1 Å². The Morgan fingerprint density at radius 1 is 0.933 bits per heavy atom. The summed E-state index contributed by atoms with van der Waals surface area (Å²) < 4.78 is 40.5. The molecule has 2 aliphatic heterocycles. The number of ether oxygens (including phenoxy) is 2. The van der Waals surface area contributed by atoms with Crippen LogP contribution in [0.3, 0.4) is 0 Å². The number of sulfonamides is 1. The molecule has 0 aromatic heterocycles. The van der Waals surface area contributed by atoms with Gasteiger partial charge in [0.25, 0.3) is 10.0 Å². The monoisotopic (exact) mass is 421 g/mol. The highest BCUT2D eigenvalue weighted by atomic mass is 32.2. The first-order valence-corrected chi connectivity index (χ1v) is 11.5. The van der Waals surface area contributed by atoms with Crippen LogP contribution in [0.15, 0.2) is 71.6 Å². The molecule has 3 aromatic rings. The minimum Gasteiger partial charge on any atom is -0.454 e. The van der Waals surface area contributed by atoms with Crippen LogP contribution in [-0.4, -0.2) is 15.2 Å². The van der Waals surface area contributed by atoms with Gasteiger partial charge < -0.3 is 9.47 Å². The minimum absolute atomic E-state index is 0.152. The molecule has 5 rings (SSSR count). The van der Waals surface area contributed by atoms with Crippen LogP contribution >= 0.6 is 0 Å². The molecule has 154 valence electrons. The van der Waals surface area contributed by atoms with Crippen molar-refractivity contribution >= 4 is 15.7 Å². The first kappa shape index (κ1) is 19.0. The summed E-state index contributed by atoms with van der Waals surface area (Å²) in [7, 11) is -3.79. The summed E-state index contributed by atoms with van der Waals surface area (Å²) in [6, 6.07) is 20.3. The summed E-state index contributed by atoms with van der Waals surface area (Å²) >= 11 is 0. The highest BCUT2D eigenvalue weighted by molar-refractivity contribution is 7.92. The zero-order valence-corrected chi connectivity index (χ0v) is 17.7. The maximum absolute atomic E-state index is 13.9. The van der Waals surface area contributed by atoms with Gasteiger partial charge in [-0.1, -0.05) is 55.0 Å². The second-order valence-corrected chi connectivity index (χ2v) is 9.76. The molecule has 2 aliphatic rings. The summed E-state index contributed by atoms with van der Waals surface area (Å²) in [4.78, 5) is 0.284. The number of aryl methyl sites for hydroxylation is 1. The highest BCUT2D eigenvalue weighted by Gasteiger charge is 2.40. The van der Waals surface area contributed by atoms with Crippen molar-refractivity contribution in [1.82, 2.24) is 0 Å². The van der Waals surface area contributed by atoms with E-state index in [9.17, 15) is 8.42 Å². The molecule has 0 unspecified atom stereocenters. The standard InChI is InChI=1S/C24H23NO4S/c1-16-8-10-19(11-9-16)30(26,27)25-21(18-6-4-3-5-7-18)12-17(2)20-13-23-24(14-22(20)25)29-15-28-23/h3-11,13-14,17,21H,12,15H2,1-2H3/t17-,21-/m0/s1. The van der Waals surface area contributed by atoms with Crippen LogP contribution < -0.4 is 13.8 Å². The molecular weight excluding hydrogens is 398 g/mol. The van der Waals surface area contributed by atoms with Crippen molar-refractivity contribution in [2.24, 2.45) is 0 Å². The lowest BCUT2D eigenvalue weighted by atomic mass is 9.85. The molecule has 0 bridgehead atoms. The molecule has 6 heteroatoms.